The van der Waals surface area contributed by atoms with Crippen LogP contribution < -0.4 is 10.5 Å². The molecular weight excluding hydrogens is 449 g/mol. The molecule has 2 aromatic rings. The average Bonchev–Trinajstić information content (AvgIpc) is 3.25. The highest BCUT2D eigenvalue weighted by Gasteiger charge is 2.60. The molecule has 2 aromatic heterocycles. The van der Waals surface area contributed by atoms with Gasteiger partial charge in [-0.2, -0.15) is 9.97 Å². The van der Waals surface area contributed by atoms with Crippen LogP contribution in [0, 0.1) is 0 Å². The zero-order chi connectivity index (χ0) is 23.3. The molecule has 32 heavy (non-hydrogen) atoms. The molecule has 2 fully saturated rings. The van der Waals surface area contributed by atoms with Gasteiger partial charge in [-0.05, 0) is 20.8 Å². The van der Waals surface area contributed by atoms with Crippen molar-refractivity contribution in [3.63, 3.8) is 0 Å². The summed E-state index contributed by atoms with van der Waals surface area (Å²) in [6, 6.07) is 0. The van der Waals surface area contributed by atoms with Crippen molar-refractivity contribution in [3.05, 3.63) is 6.33 Å². The second kappa shape index (κ2) is 8.21. The lowest BCUT2D eigenvalue weighted by Crippen LogP contribution is -2.48. The Morgan fingerprint density at radius 2 is 2.25 bits per heavy atom. The van der Waals surface area contributed by atoms with Crippen molar-refractivity contribution in [2.45, 2.75) is 50.9 Å². The normalized spacial score (nSPS) is 33.1. The van der Waals surface area contributed by atoms with Crippen molar-refractivity contribution in [3.8, 4) is 5.88 Å². The van der Waals surface area contributed by atoms with E-state index in [0.717, 1.165) is 0 Å². The van der Waals surface area contributed by atoms with Gasteiger partial charge in [0, 0.05) is 0 Å². The maximum absolute atomic E-state index is 13.0. The van der Waals surface area contributed by atoms with Crippen LogP contribution in [-0.4, -0.2) is 74.8 Å². The van der Waals surface area contributed by atoms with Crippen molar-refractivity contribution in [1.82, 2.24) is 19.5 Å². The number of aromatic nitrogens is 4. The van der Waals surface area contributed by atoms with Crippen molar-refractivity contribution in [1.29, 1.82) is 0 Å². The van der Waals surface area contributed by atoms with Gasteiger partial charge in [-0.1, -0.05) is 0 Å². The number of ether oxygens (including phenoxy) is 3. The number of nitrogen functional groups attached to an aromatic ring is 1. The van der Waals surface area contributed by atoms with Crippen LogP contribution >= 0.6 is 7.82 Å². The summed E-state index contributed by atoms with van der Waals surface area (Å²) < 4.78 is 46.4. The molecule has 0 unspecified atom stereocenters. The van der Waals surface area contributed by atoms with Gasteiger partial charge in [0.25, 0.3) is 0 Å². The number of phosphoric acid groups is 1. The van der Waals surface area contributed by atoms with Crippen molar-refractivity contribution < 1.29 is 42.2 Å². The van der Waals surface area contributed by atoms with Gasteiger partial charge < -0.3 is 25.1 Å². The standard InChI is InChI=1S/C17H24N5O9P/c1-5-27-14(23)8(2)30-32(25)28-6-9-11(31-32)17(3,24)15(29-9)22-7-19-10-12(22)20-16(18)21-13(10)26-4/h7-9,11,15,24H,5-6H2,1-4H3,(H2,18,20,21)/t8-,9+,11+,15+,17+,32+/m0/s1. The number of carbonyl (C=O) groups is 1. The molecule has 6 atom stereocenters. The summed E-state index contributed by atoms with van der Waals surface area (Å²) in [5.41, 5.74) is 4.61. The Hall–Kier alpha value is -2.35. The highest BCUT2D eigenvalue weighted by atomic mass is 31.2. The summed E-state index contributed by atoms with van der Waals surface area (Å²) in [6.07, 6.45) is -2.78. The molecule has 0 aromatic carbocycles. The van der Waals surface area contributed by atoms with E-state index in [1.165, 1.54) is 31.9 Å². The van der Waals surface area contributed by atoms with Crippen molar-refractivity contribution >= 4 is 30.9 Å². The number of nitrogens with zero attached hydrogens (tertiary/aromatic N) is 4. The topological polar surface area (TPSA) is 179 Å². The van der Waals surface area contributed by atoms with E-state index < -0.39 is 43.9 Å². The summed E-state index contributed by atoms with van der Waals surface area (Å²) in [4.78, 5) is 24.2. The molecule has 2 aliphatic heterocycles. The Labute approximate surface area is 182 Å². The average molecular weight is 473 g/mol. The molecule has 0 bridgehead atoms. The fourth-order valence-electron chi connectivity index (χ4n) is 3.65. The number of esters is 1. The van der Waals surface area contributed by atoms with Crippen LogP contribution in [0.5, 0.6) is 5.88 Å². The third kappa shape index (κ3) is 3.83. The van der Waals surface area contributed by atoms with E-state index in [9.17, 15) is 14.5 Å². The lowest BCUT2D eigenvalue weighted by molar-refractivity contribution is -0.153. The van der Waals surface area contributed by atoms with Gasteiger partial charge >= 0.3 is 13.8 Å². The summed E-state index contributed by atoms with van der Waals surface area (Å²) in [7, 11) is -2.79. The van der Waals surface area contributed by atoms with Crippen LogP contribution in [0.1, 0.15) is 27.0 Å². The molecule has 176 valence electrons. The fraction of sp³-hybridized carbons (Fsp3) is 0.647. The van der Waals surface area contributed by atoms with E-state index in [4.69, 9.17) is 33.5 Å². The first-order valence-corrected chi connectivity index (χ1v) is 11.3. The summed E-state index contributed by atoms with van der Waals surface area (Å²) in [6.45, 7) is 4.35. The van der Waals surface area contributed by atoms with E-state index in [0.29, 0.717) is 5.52 Å². The molecule has 4 heterocycles. The maximum atomic E-state index is 13.0. The summed E-state index contributed by atoms with van der Waals surface area (Å²) >= 11 is 0. The molecule has 0 spiro atoms. The molecule has 3 N–H and O–H groups in total. The van der Waals surface area contributed by atoms with Crippen LogP contribution in [0.2, 0.25) is 0 Å². The minimum absolute atomic E-state index is 0.0587. The largest absolute Gasteiger partial charge is 0.479 e. The number of rotatable bonds is 6. The van der Waals surface area contributed by atoms with Gasteiger partial charge in [-0.25, -0.2) is 14.3 Å². The lowest BCUT2D eigenvalue weighted by Gasteiger charge is -2.35. The molecule has 2 saturated heterocycles. The highest BCUT2D eigenvalue weighted by molar-refractivity contribution is 7.48. The zero-order valence-corrected chi connectivity index (χ0v) is 18.7. The van der Waals surface area contributed by atoms with Gasteiger partial charge in [0.05, 0.1) is 26.7 Å². The monoisotopic (exact) mass is 473 g/mol. The van der Waals surface area contributed by atoms with Gasteiger partial charge in [0.1, 0.15) is 17.8 Å². The van der Waals surface area contributed by atoms with Crippen LogP contribution in [-0.2, 0) is 32.4 Å². The van der Waals surface area contributed by atoms with Gasteiger partial charge in [0.2, 0.25) is 11.8 Å². The first kappa shape index (κ1) is 22.8. The number of aliphatic hydroxyl groups is 1. The number of anilines is 1. The third-order valence-corrected chi connectivity index (χ3v) is 6.64. The minimum Gasteiger partial charge on any atom is -0.479 e. The fourth-order valence-corrected chi connectivity index (χ4v) is 5.25. The van der Waals surface area contributed by atoms with E-state index in [1.807, 2.05) is 0 Å². The predicted molar refractivity (Wildman–Crippen MR) is 106 cm³/mol. The Morgan fingerprint density at radius 3 is 2.94 bits per heavy atom. The number of fused-ring (bicyclic) bond motifs is 2. The molecule has 0 radical (unpaired) electrons. The number of carbonyl (C=O) groups excluding carboxylic acids is 1. The lowest BCUT2D eigenvalue weighted by atomic mass is 9.96. The predicted octanol–water partition coefficient (Wildman–Crippen LogP) is 0.557. The van der Waals surface area contributed by atoms with Gasteiger partial charge in [-0.3, -0.25) is 18.1 Å². The van der Waals surface area contributed by atoms with Crippen LogP contribution in [0.15, 0.2) is 6.33 Å². The van der Waals surface area contributed by atoms with E-state index in [1.54, 1.807) is 6.92 Å². The molecule has 0 aliphatic carbocycles. The van der Waals surface area contributed by atoms with E-state index >= 15 is 0 Å². The maximum Gasteiger partial charge on any atom is 0.476 e. The molecule has 0 amide bonds. The summed E-state index contributed by atoms with van der Waals surface area (Å²) in [5.74, 6) is -0.621. The van der Waals surface area contributed by atoms with Crippen molar-refractivity contribution in [2.24, 2.45) is 0 Å². The number of hydrogen-bond acceptors (Lipinski definition) is 13. The number of hydrogen-bond donors (Lipinski definition) is 2. The van der Waals surface area contributed by atoms with Crippen LogP contribution in [0.25, 0.3) is 11.2 Å². The molecular formula is C17H24N5O9P. The van der Waals surface area contributed by atoms with Gasteiger partial charge in [-0.15, -0.1) is 0 Å². The number of imidazole rings is 1. The second-order valence-corrected chi connectivity index (χ2v) is 9.01. The Balaban J connectivity index is 1.60. The quantitative estimate of drug-likeness (QED) is 0.439. The van der Waals surface area contributed by atoms with E-state index in [-0.39, 0.29) is 30.7 Å². The van der Waals surface area contributed by atoms with Crippen molar-refractivity contribution in [2.75, 3.05) is 26.1 Å². The summed E-state index contributed by atoms with van der Waals surface area (Å²) in [5, 5.41) is 11.3. The molecule has 0 saturated carbocycles. The number of methoxy groups -OCH3 is 1. The zero-order valence-electron chi connectivity index (χ0n) is 17.8. The van der Waals surface area contributed by atoms with Crippen LogP contribution in [0.3, 0.4) is 0 Å². The SMILES string of the molecule is CCOC(=O)[C@H](C)O[P@@]1(=O)OC[C@H]2O[C@@H](n3cnc4c(OC)nc(N)nc43)[C@](C)(O)[C@@H]2O1. The molecule has 4 rings (SSSR count). The third-order valence-electron chi connectivity index (χ3n) is 5.12. The molecule has 2 aliphatic rings. The molecule has 14 nitrogen and oxygen atoms in total. The smallest absolute Gasteiger partial charge is 0.476 e. The highest BCUT2D eigenvalue weighted by Crippen LogP contribution is 2.59. The van der Waals surface area contributed by atoms with Gasteiger partial charge in [0.15, 0.2) is 23.5 Å². The van der Waals surface area contributed by atoms with E-state index in [2.05, 4.69) is 15.0 Å². The Kier molecular flexibility index (Phi) is 5.86. The van der Waals surface area contributed by atoms with Crippen LogP contribution in [0.4, 0.5) is 5.95 Å². The first-order valence-electron chi connectivity index (χ1n) is 9.79. The minimum atomic E-state index is -4.20. The molecule has 15 heteroatoms. The Bertz CT molecular complexity index is 1080. The Morgan fingerprint density at radius 1 is 1.50 bits per heavy atom. The number of nitrogens with two attached hydrogens (primary N) is 1. The second-order valence-electron chi connectivity index (χ2n) is 7.44. The number of phosphoric ester groups is 1. The first-order chi connectivity index (χ1) is 15.1.